The molecule has 0 radical (unpaired) electrons. The predicted octanol–water partition coefficient (Wildman–Crippen LogP) is 2.89. The third-order valence-corrected chi connectivity index (χ3v) is 2.38. The van der Waals surface area contributed by atoms with Crippen LogP contribution < -0.4 is 0 Å². The number of rotatable bonds is 2. The first-order chi connectivity index (χ1) is 5.95. The van der Waals surface area contributed by atoms with Crippen LogP contribution in [-0.4, -0.2) is 10.4 Å². The first-order valence-corrected chi connectivity index (χ1v) is 4.64. The van der Waals surface area contributed by atoms with Gasteiger partial charge in [0.15, 0.2) is 5.78 Å². The Bertz CT molecular complexity index is 334. The molecule has 0 aliphatic rings. The molecule has 0 unspecified atom stereocenters. The van der Waals surface area contributed by atoms with E-state index in [0.717, 1.165) is 16.8 Å². The van der Waals surface area contributed by atoms with Crippen LogP contribution in [0.1, 0.15) is 48.4 Å². The predicted molar refractivity (Wildman–Crippen MR) is 54.3 cm³/mol. The summed E-state index contributed by atoms with van der Waals surface area (Å²) < 4.78 is 2.14. The van der Waals surface area contributed by atoms with E-state index in [1.54, 1.807) is 6.92 Å². The molecule has 0 bridgehead atoms. The number of aromatic nitrogens is 1. The van der Waals surface area contributed by atoms with Crippen molar-refractivity contribution in [1.29, 1.82) is 0 Å². The Morgan fingerprint density at radius 1 is 1.38 bits per heavy atom. The van der Waals surface area contributed by atoms with E-state index in [1.807, 2.05) is 13.8 Å². The number of aryl methyl sites for hydroxylation is 1. The molecule has 1 heterocycles. The molecule has 0 saturated carbocycles. The van der Waals surface area contributed by atoms with Crippen LogP contribution in [-0.2, 0) is 0 Å². The molecule has 0 spiro atoms. The van der Waals surface area contributed by atoms with Crippen LogP contribution >= 0.6 is 0 Å². The van der Waals surface area contributed by atoms with E-state index in [2.05, 4.69) is 24.6 Å². The van der Waals surface area contributed by atoms with Crippen LogP contribution in [0.5, 0.6) is 0 Å². The Kier molecular flexibility index (Phi) is 2.60. The summed E-state index contributed by atoms with van der Waals surface area (Å²) in [5.74, 6) is 0.161. The Morgan fingerprint density at radius 3 is 2.15 bits per heavy atom. The molecule has 0 saturated heterocycles. The summed E-state index contributed by atoms with van der Waals surface area (Å²) in [4.78, 5) is 11.3. The highest BCUT2D eigenvalue weighted by Gasteiger charge is 2.14. The number of carbonyl (C=O) groups is 1. The van der Waals surface area contributed by atoms with E-state index in [9.17, 15) is 4.79 Å². The first-order valence-electron chi connectivity index (χ1n) is 4.64. The van der Waals surface area contributed by atoms with Gasteiger partial charge in [-0.05, 0) is 40.2 Å². The van der Waals surface area contributed by atoms with Crippen LogP contribution in [0.25, 0.3) is 0 Å². The molecule has 1 rings (SSSR count). The van der Waals surface area contributed by atoms with Gasteiger partial charge in [0.05, 0.1) is 0 Å². The lowest BCUT2D eigenvalue weighted by atomic mass is 10.1. The molecule has 72 valence electrons. The Balaban J connectivity index is 3.30. The third kappa shape index (κ3) is 1.67. The summed E-state index contributed by atoms with van der Waals surface area (Å²) in [6.45, 7) is 9.86. The number of Topliss-reactive ketones (excluding diaryl/α,β-unsaturated/α-hetero) is 1. The smallest absolute Gasteiger partial charge is 0.161 e. The number of hydrogen-bond donors (Lipinski definition) is 0. The highest BCUT2D eigenvalue weighted by molar-refractivity contribution is 5.96. The van der Waals surface area contributed by atoms with Gasteiger partial charge in [-0.3, -0.25) is 4.79 Å². The highest BCUT2D eigenvalue weighted by atomic mass is 16.1. The maximum Gasteiger partial charge on any atom is 0.161 e. The van der Waals surface area contributed by atoms with Crippen molar-refractivity contribution in [1.82, 2.24) is 4.57 Å². The van der Waals surface area contributed by atoms with E-state index in [1.165, 1.54) is 0 Å². The van der Waals surface area contributed by atoms with Gasteiger partial charge >= 0.3 is 0 Å². The number of carbonyl (C=O) groups excluding carboxylic acids is 1. The molecule has 1 aromatic heterocycles. The SMILES string of the molecule is CC(=O)c1c(C)cn(C(C)C)c1C. The maximum atomic E-state index is 11.3. The fraction of sp³-hybridized carbons (Fsp3) is 0.545. The zero-order chi connectivity index (χ0) is 10.2. The lowest BCUT2D eigenvalue weighted by Crippen LogP contribution is -2.03. The molecule has 0 aliphatic carbocycles. The molecule has 0 amide bonds. The summed E-state index contributed by atoms with van der Waals surface area (Å²) in [7, 11) is 0. The molecule has 0 fully saturated rings. The number of hydrogen-bond acceptors (Lipinski definition) is 1. The van der Waals surface area contributed by atoms with E-state index in [-0.39, 0.29) is 5.78 Å². The summed E-state index contributed by atoms with van der Waals surface area (Å²) in [5.41, 5.74) is 3.05. The monoisotopic (exact) mass is 179 g/mol. The number of ketones is 1. The van der Waals surface area contributed by atoms with Crippen molar-refractivity contribution in [2.24, 2.45) is 0 Å². The maximum absolute atomic E-state index is 11.3. The minimum absolute atomic E-state index is 0.161. The molecule has 0 aliphatic heterocycles. The quantitative estimate of drug-likeness (QED) is 0.640. The zero-order valence-electron chi connectivity index (χ0n) is 9.01. The van der Waals surface area contributed by atoms with E-state index in [0.29, 0.717) is 6.04 Å². The average molecular weight is 179 g/mol. The van der Waals surface area contributed by atoms with Crippen LogP contribution in [0.4, 0.5) is 0 Å². The van der Waals surface area contributed by atoms with Crippen LogP contribution in [0, 0.1) is 13.8 Å². The van der Waals surface area contributed by atoms with E-state index in [4.69, 9.17) is 0 Å². The second kappa shape index (κ2) is 3.36. The van der Waals surface area contributed by atoms with Gasteiger partial charge in [-0.25, -0.2) is 0 Å². The van der Waals surface area contributed by atoms with Gasteiger partial charge in [0, 0.05) is 23.5 Å². The summed E-state index contributed by atoms with van der Waals surface area (Å²) in [6, 6.07) is 0.423. The fourth-order valence-corrected chi connectivity index (χ4v) is 1.85. The molecule has 0 atom stereocenters. The van der Waals surface area contributed by atoms with Crippen molar-refractivity contribution in [3.8, 4) is 0 Å². The minimum Gasteiger partial charge on any atom is -0.348 e. The summed E-state index contributed by atoms with van der Waals surface area (Å²) in [5, 5.41) is 0. The first kappa shape index (κ1) is 10.0. The van der Waals surface area contributed by atoms with Crippen LogP contribution in [0.3, 0.4) is 0 Å². The molecule has 0 N–H and O–H groups in total. The van der Waals surface area contributed by atoms with Gasteiger partial charge in [0.25, 0.3) is 0 Å². The molecule has 1 aromatic rings. The van der Waals surface area contributed by atoms with Gasteiger partial charge in [0.1, 0.15) is 0 Å². The molecule has 2 heteroatoms. The van der Waals surface area contributed by atoms with Crippen molar-refractivity contribution in [2.45, 2.75) is 40.7 Å². The standard InChI is InChI=1S/C11H17NO/c1-7(2)12-6-8(3)11(9(12)4)10(5)13/h6-7H,1-5H3. The minimum atomic E-state index is 0.161. The summed E-state index contributed by atoms with van der Waals surface area (Å²) in [6.07, 6.45) is 2.05. The second-order valence-electron chi connectivity index (χ2n) is 3.83. The largest absolute Gasteiger partial charge is 0.348 e. The summed E-state index contributed by atoms with van der Waals surface area (Å²) >= 11 is 0. The van der Waals surface area contributed by atoms with Gasteiger partial charge in [-0.1, -0.05) is 0 Å². The van der Waals surface area contributed by atoms with Crippen molar-refractivity contribution >= 4 is 5.78 Å². The van der Waals surface area contributed by atoms with Gasteiger partial charge in [-0.2, -0.15) is 0 Å². The average Bonchev–Trinajstić information content (AvgIpc) is 2.26. The Morgan fingerprint density at radius 2 is 1.92 bits per heavy atom. The van der Waals surface area contributed by atoms with E-state index < -0.39 is 0 Å². The topological polar surface area (TPSA) is 22.0 Å². The normalized spacial score (nSPS) is 10.9. The van der Waals surface area contributed by atoms with Crippen molar-refractivity contribution in [2.75, 3.05) is 0 Å². The molecular formula is C11H17NO. The molecule has 0 aromatic carbocycles. The molecular weight excluding hydrogens is 162 g/mol. The lowest BCUT2D eigenvalue weighted by molar-refractivity contribution is 0.101. The molecule has 2 nitrogen and oxygen atoms in total. The highest BCUT2D eigenvalue weighted by Crippen LogP contribution is 2.20. The van der Waals surface area contributed by atoms with Crippen LogP contribution in [0.15, 0.2) is 6.20 Å². The van der Waals surface area contributed by atoms with Crippen LogP contribution in [0.2, 0.25) is 0 Å². The van der Waals surface area contributed by atoms with Crippen molar-refractivity contribution in [3.63, 3.8) is 0 Å². The zero-order valence-corrected chi connectivity index (χ0v) is 9.01. The fourth-order valence-electron chi connectivity index (χ4n) is 1.85. The van der Waals surface area contributed by atoms with Gasteiger partial charge in [0.2, 0.25) is 0 Å². The second-order valence-corrected chi connectivity index (χ2v) is 3.83. The number of nitrogens with zero attached hydrogens (tertiary/aromatic N) is 1. The van der Waals surface area contributed by atoms with Crippen molar-refractivity contribution < 1.29 is 4.79 Å². The Hall–Kier alpha value is -1.05. The lowest BCUT2D eigenvalue weighted by Gasteiger charge is -2.10. The van der Waals surface area contributed by atoms with Crippen molar-refractivity contribution in [3.05, 3.63) is 23.0 Å². The Labute approximate surface area is 79.6 Å². The van der Waals surface area contributed by atoms with Gasteiger partial charge < -0.3 is 4.57 Å². The van der Waals surface area contributed by atoms with E-state index >= 15 is 0 Å². The third-order valence-electron chi connectivity index (χ3n) is 2.38. The van der Waals surface area contributed by atoms with Gasteiger partial charge in [-0.15, -0.1) is 0 Å². The molecule has 13 heavy (non-hydrogen) atoms.